The number of aromatic nitrogens is 1. The van der Waals surface area contributed by atoms with Crippen molar-refractivity contribution in [2.75, 3.05) is 0 Å². The number of hydrogen-bond donors (Lipinski definition) is 0. The first-order valence-corrected chi connectivity index (χ1v) is 9.07. The van der Waals surface area contributed by atoms with Gasteiger partial charge in [0.25, 0.3) is 0 Å². The number of halogens is 1. The van der Waals surface area contributed by atoms with Crippen LogP contribution in [0.25, 0.3) is 22.4 Å². The van der Waals surface area contributed by atoms with Crippen molar-refractivity contribution < 1.29 is 4.57 Å². The number of pyridine rings is 1. The Balaban J connectivity index is 1.82. The van der Waals surface area contributed by atoms with Gasteiger partial charge in [0.1, 0.15) is 0 Å². The second-order valence-electron chi connectivity index (χ2n) is 6.25. The summed E-state index contributed by atoms with van der Waals surface area (Å²) in [6.07, 6.45) is 2.15. The van der Waals surface area contributed by atoms with E-state index in [1.54, 1.807) is 0 Å². The zero-order chi connectivity index (χ0) is 17.8. The van der Waals surface area contributed by atoms with Gasteiger partial charge in [-0.3, -0.25) is 0 Å². The van der Waals surface area contributed by atoms with Gasteiger partial charge in [0.05, 0.1) is 5.02 Å². The van der Waals surface area contributed by atoms with E-state index in [1.807, 2.05) is 30.3 Å². The molecule has 0 fully saturated rings. The Morgan fingerprint density at radius 2 is 1.23 bits per heavy atom. The van der Waals surface area contributed by atoms with E-state index in [-0.39, 0.29) is 0 Å². The van der Waals surface area contributed by atoms with Crippen molar-refractivity contribution >= 4 is 11.6 Å². The minimum Gasteiger partial charge on any atom is -0.194 e. The smallest absolute Gasteiger partial charge is 0.194 e. The van der Waals surface area contributed by atoms with Gasteiger partial charge in [0.15, 0.2) is 12.7 Å². The molecule has 0 aliphatic rings. The molecule has 4 aromatic rings. The summed E-state index contributed by atoms with van der Waals surface area (Å²) in [5.41, 5.74) is 5.91. The average molecular weight is 357 g/mol. The molecule has 0 N–H and O–H groups in total. The lowest BCUT2D eigenvalue weighted by Crippen LogP contribution is -2.36. The van der Waals surface area contributed by atoms with Crippen LogP contribution in [-0.2, 0) is 6.54 Å². The first-order chi connectivity index (χ1) is 12.8. The van der Waals surface area contributed by atoms with E-state index in [4.69, 9.17) is 11.6 Å². The largest absolute Gasteiger partial charge is 0.213 e. The van der Waals surface area contributed by atoms with Crippen LogP contribution in [0.1, 0.15) is 5.56 Å². The van der Waals surface area contributed by atoms with E-state index in [9.17, 15) is 0 Å². The van der Waals surface area contributed by atoms with E-state index in [2.05, 4.69) is 77.5 Å². The van der Waals surface area contributed by atoms with Crippen LogP contribution in [0.4, 0.5) is 0 Å². The summed E-state index contributed by atoms with van der Waals surface area (Å²) in [6, 6.07) is 33.4. The minimum atomic E-state index is 0.735. The molecular formula is C24H19ClN+. The maximum absolute atomic E-state index is 6.39. The van der Waals surface area contributed by atoms with E-state index in [0.717, 1.165) is 17.1 Å². The Hall–Kier alpha value is -2.90. The molecule has 0 bridgehead atoms. The van der Waals surface area contributed by atoms with E-state index >= 15 is 0 Å². The monoisotopic (exact) mass is 356 g/mol. The SMILES string of the molecule is Clc1ccccc1C[n+]1ccc(-c2ccccc2)cc1-c1ccccc1. The second-order valence-corrected chi connectivity index (χ2v) is 6.66. The van der Waals surface area contributed by atoms with Gasteiger partial charge in [0, 0.05) is 23.3 Å². The fourth-order valence-corrected chi connectivity index (χ4v) is 3.34. The Morgan fingerprint density at radius 1 is 0.615 bits per heavy atom. The molecule has 0 radical (unpaired) electrons. The van der Waals surface area contributed by atoms with Crippen LogP contribution in [0.5, 0.6) is 0 Å². The van der Waals surface area contributed by atoms with Gasteiger partial charge >= 0.3 is 0 Å². The van der Waals surface area contributed by atoms with Crippen LogP contribution in [0.15, 0.2) is 103 Å². The van der Waals surface area contributed by atoms with E-state index < -0.39 is 0 Å². The molecule has 2 heteroatoms. The Labute approximate surface area is 159 Å². The van der Waals surface area contributed by atoms with Crippen molar-refractivity contribution in [3.05, 3.63) is 114 Å². The molecule has 4 rings (SSSR count). The molecule has 0 saturated heterocycles. The number of rotatable bonds is 4. The molecule has 0 saturated carbocycles. The lowest BCUT2D eigenvalue weighted by Gasteiger charge is -2.08. The molecule has 0 amide bonds. The van der Waals surface area contributed by atoms with Crippen molar-refractivity contribution in [3.8, 4) is 22.4 Å². The predicted octanol–water partition coefficient (Wildman–Crippen LogP) is 6.01. The highest BCUT2D eigenvalue weighted by Crippen LogP contribution is 2.24. The minimum absolute atomic E-state index is 0.735. The highest BCUT2D eigenvalue weighted by Gasteiger charge is 2.16. The summed E-state index contributed by atoms with van der Waals surface area (Å²) in [6.45, 7) is 0.735. The summed E-state index contributed by atoms with van der Waals surface area (Å²) >= 11 is 6.39. The second kappa shape index (κ2) is 7.55. The third-order valence-corrected chi connectivity index (χ3v) is 4.88. The summed E-state index contributed by atoms with van der Waals surface area (Å²) in [5.74, 6) is 0. The third-order valence-electron chi connectivity index (χ3n) is 4.51. The van der Waals surface area contributed by atoms with Crippen LogP contribution in [0.3, 0.4) is 0 Å². The Bertz CT molecular complexity index is 1010. The number of benzene rings is 3. The van der Waals surface area contributed by atoms with Crippen LogP contribution >= 0.6 is 11.6 Å². The third kappa shape index (κ3) is 3.54. The molecule has 1 heterocycles. The predicted molar refractivity (Wildman–Crippen MR) is 108 cm³/mol. The topological polar surface area (TPSA) is 3.88 Å². The van der Waals surface area contributed by atoms with Gasteiger partial charge in [0.2, 0.25) is 5.69 Å². The van der Waals surface area contributed by atoms with E-state index in [1.165, 1.54) is 22.4 Å². The summed E-state index contributed by atoms with van der Waals surface area (Å²) in [7, 11) is 0. The quantitative estimate of drug-likeness (QED) is 0.394. The zero-order valence-electron chi connectivity index (χ0n) is 14.3. The van der Waals surface area contributed by atoms with Gasteiger partial charge in [-0.2, -0.15) is 4.57 Å². The normalized spacial score (nSPS) is 10.7. The fourth-order valence-electron chi connectivity index (χ4n) is 3.15. The van der Waals surface area contributed by atoms with Crippen molar-refractivity contribution in [3.63, 3.8) is 0 Å². The number of hydrogen-bond acceptors (Lipinski definition) is 0. The van der Waals surface area contributed by atoms with Crippen LogP contribution < -0.4 is 4.57 Å². The van der Waals surface area contributed by atoms with Crippen molar-refractivity contribution in [2.24, 2.45) is 0 Å². The maximum atomic E-state index is 6.39. The highest BCUT2D eigenvalue weighted by molar-refractivity contribution is 6.31. The van der Waals surface area contributed by atoms with Crippen LogP contribution in [0.2, 0.25) is 5.02 Å². The van der Waals surface area contributed by atoms with E-state index in [0.29, 0.717) is 0 Å². The Morgan fingerprint density at radius 3 is 1.92 bits per heavy atom. The van der Waals surface area contributed by atoms with Crippen molar-refractivity contribution in [1.29, 1.82) is 0 Å². The van der Waals surface area contributed by atoms with Crippen LogP contribution in [-0.4, -0.2) is 0 Å². The molecule has 0 unspecified atom stereocenters. The molecule has 1 nitrogen and oxygen atoms in total. The fraction of sp³-hybridized carbons (Fsp3) is 0.0417. The maximum Gasteiger partial charge on any atom is 0.213 e. The van der Waals surface area contributed by atoms with Gasteiger partial charge in [-0.05, 0) is 29.3 Å². The van der Waals surface area contributed by atoms with Gasteiger partial charge < -0.3 is 0 Å². The first kappa shape index (κ1) is 16.6. The summed E-state index contributed by atoms with van der Waals surface area (Å²) < 4.78 is 2.25. The van der Waals surface area contributed by atoms with Crippen molar-refractivity contribution in [1.82, 2.24) is 0 Å². The molecule has 26 heavy (non-hydrogen) atoms. The average Bonchev–Trinajstić information content (AvgIpc) is 2.71. The molecule has 0 aliphatic heterocycles. The van der Waals surface area contributed by atoms with Gasteiger partial charge in [-0.25, -0.2) is 0 Å². The highest BCUT2D eigenvalue weighted by atomic mass is 35.5. The lowest BCUT2D eigenvalue weighted by atomic mass is 10.0. The lowest BCUT2D eigenvalue weighted by molar-refractivity contribution is -0.677. The molecule has 1 aromatic heterocycles. The van der Waals surface area contributed by atoms with Crippen LogP contribution in [0, 0.1) is 0 Å². The van der Waals surface area contributed by atoms with Gasteiger partial charge in [-0.15, -0.1) is 0 Å². The van der Waals surface area contributed by atoms with Gasteiger partial charge in [-0.1, -0.05) is 78.3 Å². The molecule has 3 aromatic carbocycles. The Kier molecular flexibility index (Phi) is 4.81. The van der Waals surface area contributed by atoms with Crippen molar-refractivity contribution in [2.45, 2.75) is 6.54 Å². The standard InChI is InChI=1S/C24H19ClN/c25-23-14-8-7-13-22(23)18-26-16-15-21(19-9-3-1-4-10-19)17-24(26)20-11-5-2-6-12-20/h1-17H,18H2/q+1. The summed E-state index contributed by atoms with van der Waals surface area (Å²) in [5, 5.41) is 0.797. The molecule has 0 atom stereocenters. The first-order valence-electron chi connectivity index (χ1n) is 8.69. The molecule has 0 spiro atoms. The molecular weight excluding hydrogens is 338 g/mol. The zero-order valence-corrected chi connectivity index (χ0v) is 15.1. The molecule has 126 valence electrons. The summed E-state index contributed by atoms with van der Waals surface area (Å²) in [4.78, 5) is 0. The molecule has 0 aliphatic carbocycles. The number of nitrogens with zero attached hydrogens (tertiary/aromatic N) is 1.